The molecule has 0 spiro atoms. The minimum atomic E-state index is -0.761. The van der Waals surface area contributed by atoms with Gasteiger partial charge in [-0.25, -0.2) is 4.68 Å². The summed E-state index contributed by atoms with van der Waals surface area (Å²) in [7, 11) is 0. The van der Waals surface area contributed by atoms with Crippen molar-refractivity contribution < 1.29 is 9.90 Å². The maximum atomic E-state index is 10.4. The molecule has 2 rings (SSSR count). The molecule has 0 amide bonds. The summed E-state index contributed by atoms with van der Waals surface area (Å²) in [5, 5.41) is 17.3. The number of unbranched alkanes of at least 4 members (excludes halogenated alkanes) is 1. The summed E-state index contributed by atoms with van der Waals surface area (Å²) in [6.07, 6.45) is 4.21. The van der Waals surface area contributed by atoms with Gasteiger partial charge in [0, 0.05) is 11.4 Å². The molecule has 19 heavy (non-hydrogen) atoms. The molecule has 0 radical (unpaired) electrons. The van der Waals surface area contributed by atoms with Crippen LogP contribution in [0, 0.1) is 0 Å². The van der Waals surface area contributed by atoms with E-state index in [1.807, 2.05) is 24.4 Å². The number of carbonyl (C=O) groups is 1. The van der Waals surface area contributed by atoms with Crippen molar-refractivity contribution >= 4 is 17.6 Å². The molecule has 100 valence electrons. The molecular formula is C13H14ClN3O2. The van der Waals surface area contributed by atoms with Gasteiger partial charge in [0.05, 0.1) is 17.6 Å². The minimum Gasteiger partial charge on any atom is -0.481 e. The third-order valence-electron chi connectivity index (χ3n) is 2.69. The number of hydrogen-bond acceptors (Lipinski definition) is 3. The monoisotopic (exact) mass is 279 g/mol. The Labute approximate surface area is 115 Å². The van der Waals surface area contributed by atoms with Crippen molar-refractivity contribution in [2.75, 3.05) is 0 Å². The second-order valence-corrected chi connectivity index (χ2v) is 4.67. The van der Waals surface area contributed by atoms with E-state index in [-0.39, 0.29) is 6.42 Å². The summed E-state index contributed by atoms with van der Waals surface area (Å²) in [6.45, 7) is 0. The smallest absolute Gasteiger partial charge is 0.303 e. The summed E-state index contributed by atoms with van der Waals surface area (Å²) in [5.41, 5.74) is 1.71. The van der Waals surface area contributed by atoms with Crippen molar-refractivity contribution in [1.29, 1.82) is 0 Å². The number of carboxylic acid groups (broad SMARTS) is 1. The number of rotatable bonds is 6. The predicted octanol–water partition coefficient (Wildman–Crippen LogP) is 2.72. The first-order valence-corrected chi connectivity index (χ1v) is 6.42. The summed E-state index contributed by atoms with van der Waals surface area (Å²) in [4.78, 5) is 10.4. The molecule has 0 aliphatic carbocycles. The first-order valence-electron chi connectivity index (χ1n) is 6.04. The van der Waals surface area contributed by atoms with Gasteiger partial charge in [-0.05, 0) is 37.5 Å². The number of hydrogen-bond donors (Lipinski definition) is 1. The molecule has 0 aliphatic rings. The Balaban J connectivity index is 1.94. The van der Waals surface area contributed by atoms with Gasteiger partial charge in [-0.15, -0.1) is 5.10 Å². The van der Waals surface area contributed by atoms with Crippen molar-refractivity contribution in [2.45, 2.75) is 25.7 Å². The van der Waals surface area contributed by atoms with E-state index in [0.29, 0.717) is 11.4 Å². The van der Waals surface area contributed by atoms with Crippen LogP contribution < -0.4 is 0 Å². The van der Waals surface area contributed by atoms with Crippen molar-refractivity contribution in [3.05, 3.63) is 41.2 Å². The summed E-state index contributed by atoms with van der Waals surface area (Å²) in [6, 6.07) is 7.36. The SMILES string of the molecule is O=C(O)CCCCc1cn(-c2cccc(Cl)c2)nn1. The lowest BCUT2D eigenvalue weighted by molar-refractivity contribution is -0.137. The molecule has 1 heterocycles. The molecule has 2 aromatic rings. The summed E-state index contributed by atoms with van der Waals surface area (Å²) >= 11 is 5.92. The highest BCUT2D eigenvalue weighted by atomic mass is 35.5. The van der Waals surface area contributed by atoms with Crippen LogP contribution in [0.4, 0.5) is 0 Å². The fourth-order valence-electron chi connectivity index (χ4n) is 1.74. The number of benzene rings is 1. The Morgan fingerprint density at radius 1 is 1.37 bits per heavy atom. The Morgan fingerprint density at radius 3 is 2.95 bits per heavy atom. The van der Waals surface area contributed by atoms with E-state index in [9.17, 15) is 4.79 Å². The molecule has 1 aromatic carbocycles. The van der Waals surface area contributed by atoms with E-state index in [2.05, 4.69) is 10.3 Å². The largest absolute Gasteiger partial charge is 0.481 e. The fraction of sp³-hybridized carbons (Fsp3) is 0.308. The molecule has 0 atom stereocenters. The number of aryl methyl sites for hydroxylation is 1. The molecular weight excluding hydrogens is 266 g/mol. The Bertz CT molecular complexity index is 569. The Morgan fingerprint density at radius 2 is 2.21 bits per heavy atom. The van der Waals surface area contributed by atoms with Crippen LogP contribution in [0.3, 0.4) is 0 Å². The quantitative estimate of drug-likeness (QED) is 0.826. The highest BCUT2D eigenvalue weighted by Crippen LogP contribution is 2.14. The van der Waals surface area contributed by atoms with Crippen LogP contribution in [-0.2, 0) is 11.2 Å². The van der Waals surface area contributed by atoms with E-state index in [1.165, 1.54) is 0 Å². The van der Waals surface area contributed by atoms with Gasteiger partial charge in [-0.1, -0.05) is 22.9 Å². The lowest BCUT2D eigenvalue weighted by atomic mass is 10.1. The molecule has 5 nitrogen and oxygen atoms in total. The molecule has 0 saturated carbocycles. The van der Waals surface area contributed by atoms with Gasteiger partial charge in [0.1, 0.15) is 0 Å². The third kappa shape index (κ3) is 4.06. The first kappa shape index (κ1) is 13.5. The average molecular weight is 280 g/mol. The molecule has 1 N–H and O–H groups in total. The molecule has 0 bridgehead atoms. The molecule has 0 fully saturated rings. The number of carboxylic acids is 1. The average Bonchev–Trinajstić information content (AvgIpc) is 2.83. The van der Waals surface area contributed by atoms with E-state index in [0.717, 1.165) is 24.2 Å². The molecule has 0 saturated heterocycles. The predicted molar refractivity (Wildman–Crippen MR) is 71.6 cm³/mol. The number of aromatic nitrogens is 3. The van der Waals surface area contributed by atoms with Crippen LogP contribution in [0.1, 0.15) is 25.0 Å². The van der Waals surface area contributed by atoms with E-state index in [1.54, 1.807) is 10.7 Å². The van der Waals surface area contributed by atoms with Crippen LogP contribution >= 0.6 is 11.6 Å². The van der Waals surface area contributed by atoms with Crippen molar-refractivity contribution in [1.82, 2.24) is 15.0 Å². The number of halogens is 1. The highest BCUT2D eigenvalue weighted by molar-refractivity contribution is 6.30. The van der Waals surface area contributed by atoms with E-state index in [4.69, 9.17) is 16.7 Å². The summed E-state index contributed by atoms with van der Waals surface area (Å²) in [5.74, 6) is -0.761. The van der Waals surface area contributed by atoms with Gasteiger partial charge in [-0.2, -0.15) is 0 Å². The fourth-order valence-corrected chi connectivity index (χ4v) is 1.92. The van der Waals surface area contributed by atoms with Gasteiger partial charge in [0.15, 0.2) is 0 Å². The maximum absolute atomic E-state index is 10.4. The molecule has 6 heteroatoms. The minimum absolute atomic E-state index is 0.197. The third-order valence-corrected chi connectivity index (χ3v) is 2.92. The molecule has 0 unspecified atom stereocenters. The normalized spacial score (nSPS) is 10.6. The molecule has 1 aromatic heterocycles. The van der Waals surface area contributed by atoms with Crippen LogP contribution in [-0.4, -0.2) is 26.1 Å². The van der Waals surface area contributed by atoms with Gasteiger partial charge < -0.3 is 5.11 Å². The van der Waals surface area contributed by atoms with Crippen LogP contribution in [0.2, 0.25) is 5.02 Å². The Kier molecular flexibility index (Phi) is 4.52. The Hall–Kier alpha value is -1.88. The van der Waals surface area contributed by atoms with E-state index < -0.39 is 5.97 Å². The van der Waals surface area contributed by atoms with Gasteiger partial charge >= 0.3 is 5.97 Å². The van der Waals surface area contributed by atoms with E-state index >= 15 is 0 Å². The maximum Gasteiger partial charge on any atom is 0.303 e. The lowest BCUT2D eigenvalue weighted by Gasteiger charge is -1.99. The van der Waals surface area contributed by atoms with Crippen LogP contribution in [0.25, 0.3) is 5.69 Å². The van der Waals surface area contributed by atoms with Crippen molar-refractivity contribution in [3.63, 3.8) is 0 Å². The zero-order chi connectivity index (χ0) is 13.7. The van der Waals surface area contributed by atoms with Crippen molar-refractivity contribution in [3.8, 4) is 5.69 Å². The first-order chi connectivity index (χ1) is 9.15. The zero-order valence-corrected chi connectivity index (χ0v) is 11.0. The second-order valence-electron chi connectivity index (χ2n) is 4.24. The van der Waals surface area contributed by atoms with Crippen molar-refractivity contribution in [2.24, 2.45) is 0 Å². The second kappa shape index (κ2) is 6.33. The lowest BCUT2D eigenvalue weighted by Crippen LogP contribution is -1.95. The van der Waals surface area contributed by atoms with Gasteiger partial charge in [0.25, 0.3) is 0 Å². The molecule has 0 aliphatic heterocycles. The zero-order valence-electron chi connectivity index (χ0n) is 10.3. The summed E-state index contributed by atoms with van der Waals surface area (Å²) < 4.78 is 1.67. The van der Waals surface area contributed by atoms with Crippen LogP contribution in [0.5, 0.6) is 0 Å². The number of aliphatic carboxylic acids is 1. The van der Waals surface area contributed by atoms with Gasteiger partial charge in [-0.3, -0.25) is 4.79 Å². The number of nitrogens with zero attached hydrogens (tertiary/aromatic N) is 3. The topological polar surface area (TPSA) is 68.0 Å². The standard InChI is InChI=1S/C13H14ClN3O2/c14-10-4-3-6-12(8-10)17-9-11(15-16-17)5-1-2-7-13(18)19/h3-4,6,8-9H,1-2,5,7H2,(H,18,19). The van der Waals surface area contributed by atoms with Crippen LogP contribution in [0.15, 0.2) is 30.5 Å². The van der Waals surface area contributed by atoms with Gasteiger partial charge in [0.2, 0.25) is 0 Å². The highest BCUT2D eigenvalue weighted by Gasteiger charge is 2.04.